The fourth-order valence-electron chi connectivity index (χ4n) is 1.88. The molecule has 0 amide bonds. The Labute approximate surface area is 124 Å². The molecule has 0 saturated heterocycles. The molecule has 0 aliphatic rings. The first-order valence-corrected chi connectivity index (χ1v) is 7.97. The highest BCUT2D eigenvalue weighted by Gasteiger charge is 2.15. The van der Waals surface area contributed by atoms with Crippen LogP contribution in [0.1, 0.15) is 18.6 Å². The molecule has 0 bridgehead atoms. The molecule has 0 radical (unpaired) electrons. The maximum atomic E-state index is 11.8. The summed E-state index contributed by atoms with van der Waals surface area (Å²) in [4.78, 5) is 0.120. The summed E-state index contributed by atoms with van der Waals surface area (Å²) in [6.45, 7) is 1.88. The van der Waals surface area contributed by atoms with E-state index in [2.05, 4.69) is 4.72 Å². The molecule has 0 fully saturated rings. The molecule has 2 aromatic rings. The molecule has 2 aromatic carbocycles. The highest BCUT2D eigenvalue weighted by Crippen LogP contribution is 2.29. The number of nitrogen functional groups attached to an aromatic ring is 1. The van der Waals surface area contributed by atoms with Crippen molar-refractivity contribution < 1.29 is 13.2 Å². The zero-order valence-electron chi connectivity index (χ0n) is 11.9. The smallest absolute Gasteiger partial charge is 0.240 e. The lowest BCUT2D eigenvalue weighted by Crippen LogP contribution is -2.18. The molecule has 0 heterocycles. The van der Waals surface area contributed by atoms with Gasteiger partial charge in [-0.2, -0.15) is 0 Å². The van der Waals surface area contributed by atoms with Crippen LogP contribution in [0.4, 0.5) is 5.69 Å². The lowest BCUT2D eigenvalue weighted by atomic mass is 10.1. The fourth-order valence-corrected chi connectivity index (χ4v) is 2.63. The molecule has 6 heteroatoms. The molecule has 112 valence electrons. The van der Waals surface area contributed by atoms with E-state index < -0.39 is 10.0 Å². The predicted octanol–water partition coefficient (Wildman–Crippen LogP) is 2.32. The van der Waals surface area contributed by atoms with E-state index in [1.807, 2.05) is 37.3 Å². The maximum Gasteiger partial charge on any atom is 0.240 e. The molecule has 0 aliphatic heterocycles. The maximum absolute atomic E-state index is 11.8. The van der Waals surface area contributed by atoms with Crippen molar-refractivity contribution in [3.05, 3.63) is 54.1 Å². The van der Waals surface area contributed by atoms with Gasteiger partial charge >= 0.3 is 0 Å². The van der Waals surface area contributed by atoms with Gasteiger partial charge in [-0.3, -0.25) is 0 Å². The summed E-state index contributed by atoms with van der Waals surface area (Å²) in [5.41, 5.74) is 7.24. The minimum atomic E-state index is -3.52. The van der Waals surface area contributed by atoms with Crippen molar-refractivity contribution >= 4 is 15.7 Å². The molecule has 3 N–H and O–H groups in total. The largest absolute Gasteiger partial charge is 0.484 e. The van der Waals surface area contributed by atoms with E-state index in [1.165, 1.54) is 25.2 Å². The van der Waals surface area contributed by atoms with Crippen LogP contribution >= 0.6 is 0 Å². The summed E-state index contributed by atoms with van der Waals surface area (Å²) in [6, 6.07) is 14.0. The Kier molecular flexibility index (Phi) is 4.50. The number of nitrogens with one attached hydrogen (secondary N) is 1. The quantitative estimate of drug-likeness (QED) is 0.831. The van der Waals surface area contributed by atoms with Crippen LogP contribution in [0.15, 0.2) is 53.4 Å². The first kappa shape index (κ1) is 15.3. The second-order valence-corrected chi connectivity index (χ2v) is 6.46. The van der Waals surface area contributed by atoms with Crippen LogP contribution in [-0.2, 0) is 10.0 Å². The molecule has 1 atom stereocenters. The summed E-state index contributed by atoms with van der Waals surface area (Å²) in [5.74, 6) is 0.350. The monoisotopic (exact) mass is 306 g/mol. The molecule has 0 spiro atoms. The minimum absolute atomic E-state index is 0.120. The second kappa shape index (κ2) is 6.15. The van der Waals surface area contributed by atoms with Crippen molar-refractivity contribution in [3.63, 3.8) is 0 Å². The minimum Gasteiger partial charge on any atom is -0.484 e. The van der Waals surface area contributed by atoms with Crippen molar-refractivity contribution in [2.75, 3.05) is 12.8 Å². The van der Waals surface area contributed by atoms with Crippen molar-refractivity contribution in [2.24, 2.45) is 0 Å². The number of anilines is 1. The van der Waals surface area contributed by atoms with Crippen molar-refractivity contribution in [1.29, 1.82) is 0 Å². The average molecular weight is 306 g/mol. The van der Waals surface area contributed by atoms with E-state index in [0.717, 1.165) is 5.56 Å². The van der Waals surface area contributed by atoms with Crippen LogP contribution in [-0.4, -0.2) is 15.5 Å². The van der Waals surface area contributed by atoms with Crippen LogP contribution < -0.4 is 15.2 Å². The first-order valence-electron chi connectivity index (χ1n) is 6.48. The van der Waals surface area contributed by atoms with Gasteiger partial charge in [-0.15, -0.1) is 0 Å². The Morgan fingerprint density at radius 2 is 1.81 bits per heavy atom. The van der Waals surface area contributed by atoms with E-state index in [0.29, 0.717) is 11.4 Å². The topological polar surface area (TPSA) is 81.4 Å². The van der Waals surface area contributed by atoms with Crippen LogP contribution in [0.2, 0.25) is 0 Å². The van der Waals surface area contributed by atoms with Crippen molar-refractivity contribution in [1.82, 2.24) is 4.72 Å². The number of benzene rings is 2. The van der Waals surface area contributed by atoms with E-state index in [4.69, 9.17) is 10.5 Å². The van der Waals surface area contributed by atoms with Gasteiger partial charge in [0, 0.05) is 6.07 Å². The molecular formula is C15H18N2O3S. The number of sulfonamides is 1. The third-order valence-corrected chi connectivity index (χ3v) is 4.55. The van der Waals surface area contributed by atoms with Crippen LogP contribution in [0.3, 0.4) is 0 Å². The predicted molar refractivity (Wildman–Crippen MR) is 82.6 cm³/mol. The van der Waals surface area contributed by atoms with Crippen LogP contribution in [0, 0.1) is 0 Å². The molecule has 2 rings (SSSR count). The van der Waals surface area contributed by atoms with Crippen LogP contribution in [0.5, 0.6) is 5.75 Å². The highest BCUT2D eigenvalue weighted by molar-refractivity contribution is 7.89. The van der Waals surface area contributed by atoms with Gasteiger partial charge in [0.25, 0.3) is 0 Å². The lowest BCUT2D eigenvalue weighted by molar-refractivity contribution is 0.228. The number of hydrogen-bond donors (Lipinski definition) is 2. The van der Waals surface area contributed by atoms with Gasteiger partial charge < -0.3 is 10.5 Å². The Bertz CT molecular complexity index is 715. The number of ether oxygens (including phenoxy) is 1. The molecule has 0 aromatic heterocycles. The number of rotatable bonds is 5. The molecule has 21 heavy (non-hydrogen) atoms. The summed E-state index contributed by atoms with van der Waals surface area (Å²) in [7, 11) is -2.16. The Morgan fingerprint density at radius 1 is 1.14 bits per heavy atom. The molecular weight excluding hydrogens is 288 g/mol. The van der Waals surface area contributed by atoms with Gasteiger partial charge in [0.1, 0.15) is 11.9 Å². The summed E-state index contributed by atoms with van der Waals surface area (Å²) in [5, 5.41) is 0. The summed E-state index contributed by atoms with van der Waals surface area (Å²) >= 11 is 0. The third kappa shape index (κ3) is 3.53. The zero-order chi connectivity index (χ0) is 15.5. The van der Waals surface area contributed by atoms with Gasteiger partial charge in [0.15, 0.2) is 0 Å². The Balaban J connectivity index is 2.30. The van der Waals surface area contributed by atoms with Crippen molar-refractivity contribution in [3.8, 4) is 5.75 Å². The number of hydrogen-bond acceptors (Lipinski definition) is 4. The highest BCUT2D eigenvalue weighted by atomic mass is 32.2. The zero-order valence-corrected chi connectivity index (χ0v) is 12.7. The van der Waals surface area contributed by atoms with E-state index in [1.54, 1.807) is 0 Å². The summed E-state index contributed by atoms with van der Waals surface area (Å²) in [6.07, 6.45) is -0.235. The molecule has 5 nitrogen and oxygen atoms in total. The average Bonchev–Trinajstić information content (AvgIpc) is 2.50. The third-order valence-electron chi connectivity index (χ3n) is 3.14. The lowest BCUT2D eigenvalue weighted by Gasteiger charge is -2.17. The van der Waals surface area contributed by atoms with Gasteiger partial charge in [0.05, 0.1) is 10.6 Å². The molecule has 0 aliphatic carbocycles. The Morgan fingerprint density at radius 3 is 2.43 bits per heavy atom. The van der Waals surface area contributed by atoms with Crippen molar-refractivity contribution in [2.45, 2.75) is 17.9 Å². The van der Waals surface area contributed by atoms with Crippen LogP contribution in [0.25, 0.3) is 0 Å². The van der Waals surface area contributed by atoms with E-state index >= 15 is 0 Å². The molecule has 0 saturated carbocycles. The number of nitrogens with two attached hydrogens (primary N) is 1. The Hall–Kier alpha value is -2.05. The standard InChI is InChI=1S/C15H18N2O3S/c1-11(12-6-4-3-5-7-12)20-15-10-13(8-9-14(15)16)21(18,19)17-2/h3-11,17H,16H2,1-2H3. The summed E-state index contributed by atoms with van der Waals surface area (Å²) < 4.78 is 31.7. The van der Waals surface area contributed by atoms with E-state index in [-0.39, 0.29) is 11.0 Å². The van der Waals surface area contributed by atoms with Gasteiger partial charge in [-0.1, -0.05) is 30.3 Å². The van der Waals surface area contributed by atoms with Gasteiger partial charge in [-0.05, 0) is 31.7 Å². The molecule has 1 unspecified atom stereocenters. The van der Waals surface area contributed by atoms with Gasteiger partial charge in [-0.25, -0.2) is 13.1 Å². The SMILES string of the molecule is CNS(=O)(=O)c1ccc(N)c(OC(C)c2ccccc2)c1. The first-order chi connectivity index (χ1) is 9.94. The van der Waals surface area contributed by atoms with E-state index in [9.17, 15) is 8.42 Å². The van der Waals surface area contributed by atoms with Gasteiger partial charge in [0.2, 0.25) is 10.0 Å². The fraction of sp³-hybridized carbons (Fsp3) is 0.200. The normalized spacial score (nSPS) is 12.9. The second-order valence-electron chi connectivity index (χ2n) is 4.58.